The number of nitrogens with zero attached hydrogens (tertiary/aromatic N) is 2. The molecule has 1 aliphatic rings. The Labute approximate surface area is 101 Å². The molecule has 1 saturated heterocycles. The molecule has 4 heteroatoms. The van der Waals surface area contributed by atoms with Crippen LogP contribution in [-0.2, 0) is 6.54 Å². The van der Waals surface area contributed by atoms with Gasteiger partial charge in [-0.15, -0.1) is 0 Å². The molecule has 1 unspecified atom stereocenters. The maximum absolute atomic E-state index is 4.56. The van der Waals surface area contributed by atoms with Gasteiger partial charge in [0.05, 0.1) is 12.2 Å². The molecule has 1 N–H and O–H groups in total. The largest absolute Gasteiger partial charge is 0.362 e. The Morgan fingerprint density at radius 3 is 3.25 bits per heavy atom. The van der Waals surface area contributed by atoms with Crippen LogP contribution in [0.1, 0.15) is 25.5 Å². The molecule has 0 amide bonds. The zero-order valence-electron chi connectivity index (χ0n) is 9.52. The third-order valence-corrected chi connectivity index (χ3v) is 3.60. The molecule has 0 radical (unpaired) electrons. The first-order valence-corrected chi connectivity index (χ1v) is 6.70. The van der Waals surface area contributed by atoms with Crippen LogP contribution in [0.15, 0.2) is 29.4 Å². The lowest BCUT2D eigenvalue weighted by atomic mass is 10.2. The van der Waals surface area contributed by atoms with Gasteiger partial charge in [-0.05, 0) is 25.0 Å². The molecular formula is C12H17N3S. The Bertz CT molecular complexity index is 351. The van der Waals surface area contributed by atoms with Gasteiger partial charge in [0.1, 0.15) is 0 Å². The highest BCUT2D eigenvalue weighted by molar-refractivity contribution is 8.13. The quantitative estimate of drug-likeness (QED) is 0.874. The van der Waals surface area contributed by atoms with Crippen LogP contribution in [-0.4, -0.2) is 21.9 Å². The Morgan fingerprint density at radius 1 is 1.56 bits per heavy atom. The van der Waals surface area contributed by atoms with Crippen molar-refractivity contribution in [3.63, 3.8) is 0 Å². The SMILES string of the molecule is CCC1CCSC(=NCc2ccccn2)N1. The summed E-state index contributed by atoms with van der Waals surface area (Å²) in [7, 11) is 0. The fourth-order valence-electron chi connectivity index (χ4n) is 1.63. The van der Waals surface area contributed by atoms with Gasteiger partial charge in [0.2, 0.25) is 0 Å². The van der Waals surface area contributed by atoms with E-state index in [-0.39, 0.29) is 0 Å². The summed E-state index contributed by atoms with van der Waals surface area (Å²) in [5.74, 6) is 1.17. The smallest absolute Gasteiger partial charge is 0.157 e. The lowest BCUT2D eigenvalue weighted by Crippen LogP contribution is -2.37. The van der Waals surface area contributed by atoms with Crippen LogP contribution in [0.5, 0.6) is 0 Å². The average Bonchev–Trinajstić information content (AvgIpc) is 2.38. The molecule has 1 aliphatic heterocycles. The monoisotopic (exact) mass is 235 g/mol. The summed E-state index contributed by atoms with van der Waals surface area (Å²) in [6, 6.07) is 6.54. The van der Waals surface area contributed by atoms with E-state index < -0.39 is 0 Å². The number of pyridine rings is 1. The van der Waals surface area contributed by atoms with Crippen LogP contribution in [0.25, 0.3) is 0 Å². The molecule has 1 atom stereocenters. The fourth-order valence-corrected chi connectivity index (χ4v) is 2.63. The minimum atomic E-state index is 0.601. The summed E-state index contributed by atoms with van der Waals surface area (Å²) in [6.07, 6.45) is 4.22. The third kappa shape index (κ3) is 3.23. The van der Waals surface area contributed by atoms with Gasteiger partial charge in [0.15, 0.2) is 5.17 Å². The van der Waals surface area contributed by atoms with Crippen molar-refractivity contribution in [3.05, 3.63) is 30.1 Å². The fraction of sp³-hybridized carbons (Fsp3) is 0.500. The second kappa shape index (κ2) is 5.89. The van der Waals surface area contributed by atoms with Crippen LogP contribution < -0.4 is 5.32 Å². The van der Waals surface area contributed by atoms with Crippen molar-refractivity contribution in [3.8, 4) is 0 Å². The van der Waals surface area contributed by atoms with Crippen molar-refractivity contribution in [2.75, 3.05) is 5.75 Å². The van der Waals surface area contributed by atoms with Crippen LogP contribution >= 0.6 is 11.8 Å². The van der Waals surface area contributed by atoms with E-state index >= 15 is 0 Å². The first-order chi connectivity index (χ1) is 7.88. The van der Waals surface area contributed by atoms with E-state index in [0.717, 1.165) is 10.9 Å². The van der Waals surface area contributed by atoms with E-state index in [1.54, 1.807) is 0 Å². The molecule has 1 aromatic rings. The summed E-state index contributed by atoms with van der Waals surface area (Å²) in [4.78, 5) is 8.82. The van der Waals surface area contributed by atoms with Crippen molar-refractivity contribution in [1.29, 1.82) is 0 Å². The first kappa shape index (κ1) is 11.5. The molecule has 3 nitrogen and oxygen atoms in total. The predicted octanol–water partition coefficient (Wildman–Crippen LogP) is 2.44. The normalized spacial score (nSPS) is 23.1. The summed E-state index contributed by atoms with van der Waals surface area (Å²) < 4.78 is 0. The van der Waals surface area contributed by atoms with E-state index in [0.29, 0.717) is 12.6 Å². The predicted molar refractivity (Wildman–Crippen MR) is 69.7 cm³/mol. The standard InChI is InChI=1S/C12H17N3S/c1-2-10-6-8-16-12(15-10)14-9-11-5-3-4-7-13-11/h3-5,7,10H,2,6,8-9H2,1H3,(H,14,15). The molecule has 0 bridgehead atoms. The van der Waals surface area contributed by atoms with Crippen LogP contribution in [0, 0.1) is 0 Å². The molecule has 0 spiro atoms. The number of rotatable bonds is 3. The van der Waals surface area contributed by atoms with Crippen molar-refractivity contribution in [2.24, 2.45) is 4.99 Å². The van der Waals surface area contributed by atoms with Gasteiger partial charge >= 0.3 is 0 Å². The maximum atomic E-state index is 4.56. The van der Waals surface area contributed by atoms with Crippen molar-refractivity contribution in [2.45, 2.75) is 32.4 Å². The lowest BCUT2D eigenvalue weighted by molar-refractivity contribution is 0.570. The molecule has 2 rings (SSSR count). The number of thioether (sulfide) groups is 1. The minimum Gasteiger partial charge on any atom is -0.362 e. The van der Waals surface area contributed by atoms with E-state index in [9.17, 15) is 0 Å². The molecule has 0 aliphatic carbocycles. The average molecular weight is 235 g/mol. The van der Waals surface area contributed by atoms with Crippen molar-refractivity contribution >= 4 is 16.9 Å². The topological polar surface area (TPSA) is 37.3 Å². The summed E-state index contributed by atoms with van der Waals surface area (Å²) in [5.41, 5.74) is 1.02. The van der Waals surface area contributed by atoms with Crippen molar-refractivity contribution < 1.29 is 0 Å². The highest BCUT2D eigenvalue weighted by Crippen LogP contribution is 2.16. The number of hydrogen-bond donors (Lipinski definition) is 1. The van der Waals surface area contributed by atoms with Gasteiger partial charge in [0.25, 0.3) is 0 Å². The van der Waals surface area contributed by atoms with E-state index in [1.165, 1.54) is 18.6 Å². The summed E-state index contributed by atoms with van der Waals surface area (Å²) in [5, 5.41) is 4.53. The summed E-state index contributed by atoms with van der Waals surface area (Å²) in [6.45, 7) is 2.89. The number of aliphatic imine (C=N–C) groups is 1. The van der Waals surface area contributed by atoms with Gasteiger partial charge in [0, 0.05) is 18.0 Å². The third-order valence-electron chi connectivity index (χ3n) is 2.64. The Hall–Kier alpha value is -1.03. The number of amidine groups is 1. The van der Waals surface area contributed by atoms with E-state index in [4.69, 9.17) is 0 Å². The summed E-state index contributed by atoms with van der Waals surface area (Å²) >= 11 is 1.81. The second-order valence-corrected chi connectivity index (χ2v) is 4.91. The van der Waals surface area contributed by atoms with Gasteiger partial charge in [-0.2, -0.15) is 0 Å². The zero-order valence-corrected chi connectivity index (χ0v) is 10.3. The van der Waals surface area contributed by atoms with Gasteiger partial charge < -0.3 is 5.32 Å². The number of hydrogen-bond acceptors (Lipinski definition) is 3. The van der Waals surface area contributed by atoms with E-state index in [2.05, 4.69) is 22.2 Å². The van der Waals surface area contributed by atoms with Crippen LogP contribution in [0.3, 0.4) is 0 Å². The van der Waals surface area contributed by atoms with Gasteiger partial charge in [-0.1, -0.05) is 24.8 Å². The van der Waals surface area contributed by atoms with Crippen LogP contribution in [0.2, 0.25) is 0 Å². The molecule has 2 heterocycles. The molecular weight excluding hydrogens is 218 g/mol. The molecule has 0 saturated carbocycles. The maximum Gasteiger partial charge on any atom is 0.157 e. The van der Waals surface area contributed by atoms with Crippen LogP contribution in [0.4, 0.5) is 0 Å². The number of aromatic nitrogens is 1. The van der Waals surface area contributed by atoms with Crippen molar-refractivity contribution in [1.82, 2.24) is 10.3 Å². The molecule has 1 aromatic heterocycles. The Balaban J connectivity index is 1.92. The zero-order chi connectivity index (χ0) is 11.2. The first-order valence-electron chi connectivity index (χ1n) is 5.72. The van der Waals surface area contributed by atoms with E-state index in [1.807, 2.05) is 36.2 Å². The Morgan fingerprint density at radius 2 is 2.50 bits per heavy atom. The highest BCUT2D eigenvalue weighted by atomic mass is 32.2. The Kier molecular flexibility index (Phi) is 4.22. The molecule has 1 fully saturated rings. The van der Waals surface area contributed by atoms with Gasteiger partial charge in [-0.25, -0.2) is 0 Å². The van der Waals surface area contributed by atoms with Gasteiger partial charge in [-0.3, -0.25) is 9.98 Å². The number of nitrogens with one attached hydrogen (secondary N) is 1. The molecule has 86 valence electrons. The second-order valence-electron chi connectivity index (χ2n) is 3.83. The highest BCUT2D eigenvalue weighted by Gasteiger charge is 2.15. The lowest BCUT2D eigenvalue weighted by Gasteiger charge is -2.24. The minimum absolute atomic E-state index is 0.601. The molecule has 0 aromatic carbocycles. The molecule has 16 heavy (non-hydrogen) atoms.